The Kier molecular flexibility index (Phi) is 37.4. The minimum Gasteiger partial charge on any atom is -0.460 e. The molecule has 22 N–H and O–H groups in total. The first-order valence-electron chi connectivity index (χ1n) is 40.5. The number of anilines is 1. The molecule has 0 spiro atoms. The zero-order chi connectivity index (χ0) is 89.2. The van der Waals surface area contributed by atoms with E-state index in [0.29, 0.717) is 46.7 Å². The van der Waals surface area contributed by atoms with Crippen molar-refractivity contribution < 1.29 is 91.2 Å². The number of aliphatic hydroxyl groups is 2. The van der Waals surface area contributed by atoms with Crippen LogP contribution >= 0.6 is 0 Å². The van der Waals surface area contributed by atoms with E-state index in [2.05, 4.69) is 68.4 Å². The number of esters is 1. The monoisotopic (exact) mass is 1680 g/mol. The molecule has 2 aliphatic rings. The Bertz CT molecular complexity index is 4340. The molecule has 6 rings (SSSR count). The zero-order valence-electron chi connectivity index (χ0n) is 70.5. The molecule has 13 amide bonds. The first kappa shape index (κ1) is 97.7. The van der Waals surface area contributed by atoms with Crippen LogP contribution in [0, 0.1) is 37.4 Å². The van der Waals surface area contributed by atoms with Crippen LogP contribution in [0.3, 0.4) is 0 Å². The zero-order valence-corrected chi connectivity index (χ0v) is 70.5. The quantitative estimate of drug-likeness (QED) is 0.0224. The molecule has 3 heterocycles. The summed E-state index contributed by atoms with van der Waals surface area (Å²) in [6.07, 6.45) is -4.78. The molecule has 0 bridgehead atoms. The highest BCUT2D eigenvalue weighted by atomic mass is 19.1. The predicted molar refractivity (Wildman–Crippen MR) is 444 cm³/mol. The molecule has 1 saturated heterocycles. The Morgan fingerprint density at radius 1 is 0.675 bits per heavy atom. The van der Waals surface area contributed by atoms with Crippen molar-refractivity contribution in [2.75, 3.05) is 63.8 Å². The van der Waals surface area contributed by atoms with Gasteiger partial charge in [0.15, 0.2) is 0 Å². The van der Waals surface area contributed by atoms with E-state index in [1.807, 2.05) is 34.6 Å². The van der Waals surface area contributed by atoms with E-state index in [9.17, 15) is 77.3 Å². The number of aromatic amines is 1. The van der Waals surface area contributed by atoms with E-state index in [-0.39, 0.29) is 105 Å². The topological polar surface area (TPSA) is 557 Å². The molecular formula is C83H121FN18O18. The number of rotatable bonds is 32. The number of aliphatic hydroxyl groups excluding tert-OH is 2. The number of hydrogen-bond acceptors (Lipinski definition) is 23. The number of H-pyrrole nitrogens is 1. The summed E-state index contributed by atoms with van der Waals surface area (Å²) in [5, 5.41) is 50.4. The summed E-state index contributed by atoms with van der Waals surface area (Å²) in [6, 6.07) is 2.44. The Morgan fingerprint density at radius 2 is 1.25 bits per heavy atom. The fourth-order valence-electron chi connectivity index (χ4n) is 13.7. The van der Waals surface area contributed by atoms with E-state index >= 15 is 4.39 Å². The van der Waals surface area contributed by atoms with Gasteiger partial charge in [-0.3, -0.25) is 62.3 Å². The maximum atomic E-state index is 15.2. The molecule has 3 aromatic carbocycles. The lowest BCUT2D eigenvalue weighted by Gasteiger charge is -2.29. The Labute approximate surface area is 698 Å². The second kappa shape index (κ2) is 45.9. The maximum Gasteiger partial charge on any atom is 0.427 e. The number of hydrogen-bond donors (Lipinski definition) is 18. The summed E-state index contributed by atoms with van der Waals surface area (Å²) >= 11 is 0. The number of nitrogens with zero attached hydrogens (tertiary/aromatic N) is 2. The molecule has 2 unspecified atom stereocenters. The van der Waals surface area contributed by atoms with Crippen molar-refractivity contribution in [2.45, 2.75) is 214 Å². The van der Waals surface area contributed by atoms with E-state index < -0.39 is 186 Å². The van der Waals surface area contributed by atoms with E-state index in [1.165, 1.54) is 39.0 Å². The average molecular weight is 1680 g/mol. The van der Waals surface area contributed by atoms with Gasteiger partial charge in [0.2, 0.25) is 59.1 Å². The Balaban J connectivity index is 1.22. The number of likely N-dealkylation sites (N-methyl/N-ethyl adjacent to an activating group) is 1. The van der Waals surface area contributed by atoms with Crippen molar-refractivity contribution in [2.24, 2.45) is 40.7 Å². The molecule has 0 saturated carbocycles. The molecule has 658 valence electrons. The number of para-hydroxylation sites is 1. The average Bonchev–Trinajstić information content (AvgIpc) is 1.65. The highest BCUT2D eigenvalue weighted by Gasteiger charge is 2.43. The van der Waals surface area contributed by atoms with Gasteiger partial charge < -0.3 is 111 Å². The number of amides is 13. The van der Waals surface area contributed by atoms with Crippen LogP contribution < -0.4 is 91.1 Å². The second-order valence-corrected chi connectivity index (χ2v) is 31.5. The molecule has 1 fully saturated rings. The third-order valence-electron chi connectivity index (χ3n) is 20.8. The lowest BCUT2D eigenvalue weighted by atomic mass is 9.85. The van der Waals surface area contributed by atoms with E-state index in [4.69, 9.17) is 32.4 Å². The largest absolute Gasteiger partial charge is 0.460 e. The molecule has 1 aromatic heterocycles. The van der Waals surface area contributed by atoms with Gasteiger partial charge in [-0.25, -0.2) is 14.1 Å². The van der Waals surface area contributed by atoms with Gasteiger partial charge >= 0.3 is 12.1 Å². The lowest BCUT2D eigenvalue weighted by molar-refractivity contribution is -0.153. The SMILES string of the molecule is CCN(CC)CCNC(=O)c1c(C)[nH]c(/C=C2\C(=O)N(C(=O)Oc3c(COC(=O)C(C)C(C)C(=O)N[C@H](C(=O)N[C@@H](CCN)C(=O)N[C@H]4CCNC(=O)[C@H]([C@@H](C)O)NC(=O)[C@H](CCN)NC(=O)[C@H](CCN)NC(=O)[C@H](CC(C)C)NC(=O)[C@@H](Cc5ccccc5)NC(=O)[C@H](CCN)NC4=O)[C@@H](C)O)cccc3C(C)(C)C)c3ccc(F)cc32)c1C. The predicted octanol–water partition coefficient (Wildman–Crippen LogP) is -0.130. The second-order valence-electron chi connectivity index (χ2n) is 31.5. The normalized spacial score (nSPS) is 20.6. The molecule has 37 heteroatoms. The van der Waals surface area contributed by atoms with E-state index in [0.717, 1.165) is 37.0 Å². The highest BCUT2D eigenvalue weighted by molar-refractivity contribution is 6.41. The summed E-state index contributed by atoms with van der Waals surface area (Å²) < 4.78 is 27.1. The van der Waals surface area contributed by atoms with Crippen LogP contribution in [0.4, 0.5) is 14.9 Å². The van der Waals surface area contributed by atoms with Crippen molar-refractivity contribution in [3.63, 3.8) is 0 Å². The van der Waals surface area contributed by atoms with Gasteiger partial charge in [0.05, 0.1) is 34.9 Å². The fraction of sp³-hybridized carbons (Fsp3) is 0.542. The van der Waals surface area contributed by atoms with Crippen LogP contribution in [0.5, 0.6) is 5.75 Å². The third kappa shape index (κ3) is 27.0. The smallest absolute Gasteiger partial charge is 0.427 e. The number of ether oxygens (including phenoxy) is 2. The number of benzene rings is 3. The lowest BCUT2D eigenvalue weighted by Crippen LogP contribution is -2.61. The third-order valence-corrected chi connectivity index (χ3v) is 20.8. The molecule has 2 aliphatic heterocycles. The van der Waals surface area contributed by atoms with Crippen molar-refractivity contribution in [3.8, 4) is 5.75 Å². The van der Waals surface area contributed by atoms with Crippen LogP contribution in [0.15, 0.2) is 66.7 Å². The maximum absolute atomic E-state index is 15.2. The summed E-state index contributed by atoms with van der Waals surface area (Å²) in [6.45, 7) is 22.1. The van der Waals surface area contributed by atoms with Crippen LogP contribution in [0.25, 0.3) is 11.6 Å². The Hall–Kier alpha value is -11.1. The number of aryl methyl sites for hydroxylation is 1. The van der Waals surface area contributed by atoms with E-state index in [1.54, 1.807) is 70.2 Å². The van der Waals surface area contributed by atoms with Crippen molar-refractivity contribution >= 4 is 100 Å². The van der Waals surface area contributed by atoms with Gasteiger partial charge in [-0.15, -0.1) is 0 Å². The first-order valence-corrected chi connectivity index (χ1v) is 40.5. The molecular weight excluding hydrogens is 1560 g/mol. The van der Waals surface area contributed by atoms with Crippen LogP contribution in [0.2, 0.25) is 0 Å². The number of carbonyl (C=O) groups excluding carboxylic acids is 14. The number of carbonyl (C=O) groups is 14. The first-order chi connectivity index (χ1) is 56.7. The van der Waals surface area contributed by atoms with Gasteiger partial charge in [0, 0.05) is 60.1 Å². The van der Waals surface area contributed by atoms with Crippen LogP contribution in [-0.2, 0) is 80.7 Å². The highest BCUT2D eigenvalue weighted by Crippen LogP contribution is 2.41. The summed E-state index contributed by atoms with van der Waals surface area (Å²) in [5.41, 5.74) is 25.8. The Morgan fingerprint density at radius 3 is 1.82 bits per heavy atom. The molecule has 0 aliphatic carbocycles. The van der Waals surface area contributed by atoms with Crippen molar-refractivity contribution in [1.82, 2.24) is 68.4 Å². The van der Waals surface area contributed by atoms with Gasteiger partial charge in [0.25, 0.3) is 11.8 Å². The van der Waals surface area contributed by atoms with Gasteiger partial charge in [-0.1, -0.05) is 111 Å². The van der Waals surface area contributed by atoms with Gasteiger partial charge in [0.1, 0.15) is 72.6 Å². The van der Waals surface area contributed by atoms with Crippen LogP contribution in [-0.4, -0.2) is 229 Å². The standard InChI is InChI=1S/C83H121FN18O18/c1-14-101(15-2)37-36-90-77(113)65-46(7)61(91-47(65)8)41-54-53-40-52(84)24-25-64(53)102(80(54)116)82(118)120-68-51(22-19-23-55(68)83(11,12)13)42-119-81(117)45(6)44(5)69(105)99-67(49(10)104)79(115)96-58(28-33-87)71(107)95-60-30-35-89-78(114)66(48(9)103)100-74(110)59(29-34-88)93-70(106)56(26-31-85)94-75(111)62(38-43(3)4)97-76(112)63(39-50-20-17-16-18-21-50)98-72(108)57(27-32-86)92-73(60)109/h16-25,40-41,43-45,48-49,56-60,62-63,66-67,91,103-104H,14-15,26-39,42,85-88H2,1-13H3,(H,89,114)(H,90,113)(H,92,109)(H,93,106)(H,94,111)(H,95,107)(H,96,115)(H,97,112)(H,98,108)(H,99,105)(H,100,110)/b54-41-/t44?,45?,48-,49-,56+,57+,58+,59+,60+,62+,63-,66+,67+/m1/s1. The minimum atomic E-state index is -1.85. The molecule has 4 aromatic rings. The van der Waals surface area contributed by atoms with Crippen LogP contribution in [0.1, 0.15) is 164 Å². The molecule has 13 atom stereocenters. The minimum absolute atomic E-state index is 0.0111. The summed E-state index contributed by atoms with van der Waals surface area (Å²) in [4.78, 5) is 206. The number of aromatic nitrogens is 1. The number of nitrogens with two attached hydrogens (primary N) is 4. The number of imide groups is 1. The molecule has 36 nitrogen and oxygen atoms in total. The molecule has 120 heavy (non-hydrogen) atoms. The van der Waals surface area contributed by atoms with Crippen molar-refractivity contribution in [1.29, 1.82) is 0 Å². The van der Waals surface area contributed by atoms with Gasteiger partial charge in [-0.2, -0.15) is 0 Å². The number of nitrogens with one attached hydrogen (secondary N) is 12. The fourth-order valence-corrected chi connectivity index (χ4v) is 13.7. The van der Waals surface area contributed by atoms with Gasteiger partial charge in [-0.05, 0) is 152 Å². The number of halogens is 1. The summed E-state index contributed by atoms with van der Waals surface area (Å²) in [5.74, 6) is -15.8. The molecule has 0 radical (unpaired) electrons. The summed E-state index contributed by atoms with van der Waals surface area (Å²) in [7, 11) is 0. The number of fused-ring (bicyclic) bond motifs is 1. The van der Waals surface area contributed by atoms with Crippen molar-refractivity contribution in [3.05, 3.63) is 117 Å².